The molecule has 4 nitrogen and oxygen atoms in total. The summed E-state index contributed by atoms with van der Waals surface area (Å²) >= 11 is 0. The Morgan fingerprint density at radius 1 is 1.29 bits per heavy atom. The van der Waals surface area contributed by atoms with E-state index in [-0.39, 0.29) is 11.9 Å². The molecule has 1 amide bonds. The van der Waals surface area contributed by atoms with Crippen molar-refractivity contribution in [1.82, 2.24) is 4.90 Å². The summed E-state index contributed by atoms with van der Waals surface area (Å²) in [5.41, 5.74) is 0. The zero-order valence-electron chi connectivity index (χ0n) is 9.30. The molecule has 92 valence electrons. The number of hydrogen-bond acceptors (Lipinski definition) is 2. The number of piperidine rings is 1. The summed E-state index contributed by atoms with van der Waals surface area (Å²) < 4.78 is 18.3. The van der Waals surface area contributed by atoms with Crippen LogP contribution in [0.2, 0.25) is 0 Å². The van der Waals surface area contributed by atoms with E-state index >= 15 is 0 Å². The van der Waals surface area contributed by atoms with Gasteiger partial charge in [0.1, 0.15) is 17.7 Å². The minimum atomic E-state index is -0.884. The highest BCUT2D eigenvalue weighted by atomic mass is 19.1. The Hall–Kier alpha value is -1.78. The number of likely N-dealkylation sites (tertiary alicyclic amines) is 1. The van der Waals surface area contributed by atoms with Gasteiger partial charge < -0.3 is 14.7 Å². The lowest BCUT2D eigenvalue weighted by molar-refractivity contribution is 0.0894. The first-order valence-corrected chi connectivity index (χ1v) is 5.55. The third-order valence-electron chi connectivity index (χ3n) is 2.83. The first kappa shape index (κ1) is 11.7. The quantitative estimate of drug-likeness (QED) is 0.861. The molecule has 0 saturated carbocycles. The number of amides is 1. The molecule has 2 rings (SSSR count). The monoisotopic (exact) mass is 239 g/mol. The molecule has 0 aromatic heterocycles. The van der Waals surface area contributed by atoms with E-state index in [1.165, 1.54) is 17.0 Å². The van der Waals surface area contributed by atoms with Crippen LogP contribution in [-0.2, 0) is 0 Å². The van der Waals surface area contributed by atoms with Crippen molar-refractivity contribution in [3.05, 3.63) is 30.1 Å². The molecule has 1 aromatic rings. The van der Waals surface area contributed by atoms with E-state index in [0.29, 0.717) is 31.7 Å². The molecule has 0 unspecified atom stereocenters. The third-order valence-corrected chi connectivity index (χ3v) is 2.83. The molecule has 1 aromatic carbocycles. The normalized spacial score (nSPS) is 16.9. The van der Waals surface area contributed by atoms with E-state index in [4.69, 9.17) is 9.84 Å². The van der Waals surface area contributed by atoms with Gasteiger partial charge in [-0.1, -0.05) is 0 Å². The molecule has 1 saturated heterocycles. The van der Waals surface area contributed by atoms with E-state index in [0.717, 1.165) is 0 Å². The van der Waals surface area contributed by atoms with Crippen molar-refractivity contribution in [2.45, 2.75) is 18.9 Å². The number of rotatable bonds is 2. The second-order valence-electron chi connectivity index (χ2n) is 4.04. The van der Waals surface area contributed by atoms with Crippen LogP contribution in [0.4, 0.5) is 9.18 Å². The van der Waals surface area contributed by atoms with Gasteiger partial charge in [-0.3, -0.25) is 0 Å². The number of benzene rings is 1. The molecule has 5 heteroatoms. The first-order valence-electron chi connectivity index (χ1n) is 5.55. The summed E-state index contributed by atoms with van der Waals surface area (Å²) in [6.45, 7) is 0.975. The third kappa shape index (κ3) is 3.09. The van der Waals surface area contributed by atoms with Gasteiger partial charge in [-0.2, -0.15) is 0 Å². The zero-order chi connectivity index (χ0) is 12.3. The van der Waals surface area contributed by atoms with Gasteiger partial charge in [-0.15, -0.1) is 0 Å². The van der Waals surface area contributed by atoms with E-state index in [9.17, 15) is 9.18 Å². The fourth-order valence-corrected chi connectivity index (χ4v) is 1.87. The highest BCUT2D eigenvalue weighted by Crippen LogP contribution is 2.19. The molecule has 1 N–H and O–H groups in total. The van der Waals surface area contributed by atoms with Crippen LogP contribution in [0.1, 0.15) is 12.8 Å². The highest BCUT2D eigenvalue weighted by Gasteiger charge is 2.23. The molecule has 0 aliphatic carbocycles. The van der Waals surface area contributed by atoms with Crippen molar-refractivity contribution in [2.24, 2.45) is 0 Å². The van der Waals surface area contributed by atoms with Crippen LogP contribution < -0.4 is 4.74 Å². The molecule has 1 aliphatic rings. The SMILES string of the molecule is O=C(O)N1CCC(Oc2ccc(F)cc2)CC1. The Morgan fingerprint density at radius 2 is 1.88 bits per heavy atom. The maximum absolute atomic E-state index is 12.7. The van der Waals surface area contributed by atoms with Gasteiger partial charge in [0.05, 0.1) is 0 Å². The fourth-order valence-electron chi connectivity index (χ4n) is 1.87. The summed E-state index contributed by atoms with van der Waals surface area (Å²) in [5.74, 6) is 0.332. The van der Waals surface area contributed by atoms with Crippen molar-refractivity contribution in [3.63, 3.8) is 0 Å². The van der Waals surface area contributed by atoms with Gasteiger partial charge >= 0.3 is 6.09 Å². The number of hydrogen-bond donors (Lipinski definition) is 1. The summed E-state index contributed by atoms with van der Waals surface area (Å²) in [6.07, 6.45) is 0.467. The molecule has 0 atom stereocenters. The maximum Gasteiger partial charge on any atom is 0.407 e. The van der Waals surface area contributed by atoms with E-state index in [2.05, 4.69) is 0 Å². The van der Waals surface area contributed by atoms with Crippen LogP contribution in [0.3, 0.4) is 0 Å². The van der Waals surface area contributed by atoms with Crippen molar-refractivity contribution in [2.75, 3.05) is 13.1 Å². The summed E-state index contributed by atoms with van der Waals surface area (Å²) in [4.78, 5) is 12.1. The Kier molecular flexibility index (Phi) is 3.46. The number of nitrogens with zero attached hydrogens (tertiary/aromatic N) is 1. The second kappa shape index (κ2) is 5.03. The Bertz CT molecular complexity index is 385. The van der Waals surface area contributed by atoms with Gasteiger partial charge in [0, 0.05) is 25.9 Å². The van der Waals surface area contributed by atoms with Crippen molar-refractivity contribution >= 4 is 6.09 Å². The lowest BCUT2D eigenvalue weighted by Crippen LogP contribution is -2.41. The summed E-state index contributed by atoms with van der Waals surface area (Å²) in [5, 5.41) is 8.79. The second-order valence-corrected chi connectivity index (χ2v) is 4.04. The van der Waals surface area contributed by atoms with Crippen LogP contribution in [0.25, 0.3) is 0 Å². The Morgan fingerprint density at radius 3 is 2.41 bits per heavy atom. The van der Waals surface area contributed by atoms with Gasteiger partial charge in [0.25, 0.3) is 0 Å². The lowest BCUT2D eigenvalue weighted by atomic mass is 10.1. The summed E-state index contributed by atoms with van der Waals surface area (Å²) in [7, 11) is 0. The van der Waals surface area contributed by atoms with Gasteiger partial charge in [0.2, 0.25) is 0 Å². The van der Waals surface area contributed by atoms with Crippen molar-refractivity contribution in [1.29, 1.82) is 0 Å². The Labute approximate surface area is 98.6 Å². The predicted molar refractivity (Wildman–Crippen MR) is 59.6 cm³/mol. The van der Waals surface area contributed by atoms with E-state index in [1.807, 2.05) is 0 Å². The average Bonchev–Trinajstić information content (AvgIpc) is 2.33. The zero-order valence-corrected chi connectivity index (χ0v) is 9.30. The number of ether oxygens (including phenoxy) is 1. The largest absolute Gasteiger partial charge is 0.490 e. The van der Waals surface area contributed by atoms with Crippen LogP contribution in [0, 0.1) is 5.82 Å². The summed E-state index contributed by atoms with van der Waals surface area (Å²) in [6, 6.07) is 5.86. The molecule has 1 aliphatic heterocycles. The first-order chi connectivity index (χ1) is 8.15. The molecular weight excluding hydrogens is 225 g/mol. The lowest BCUT2D eigenvalue weighted by Gasteiger charge is -2.30. The van der Waals surface area contributed by atoms with Crippen LogP contribution in [0.5, 0.6) is 5.75 Å². The number of carboxylic acid groups (broad SMARTS) is 1. The maximum atomic E-state index is 12.7. The minimum absolute atomic E-state index is 0.0102. The van der Waals surface area contributed by atoms with Gasteiger partial charge in [0.15, 0.2) is 0 Å². The van der Waals surface area contributed by atoms with Crippen molar-refractivity contribution < 1.29 is 19.0 Å². The predicted octanol–water partition coefficient (Wildman–Crippen LogP) is 2.35. The highest BCUT2D eigenvalue weighted by molar-refractivity contribution is 5.65. The minimum Gasteiger partial charge on any atom is -0.490 e. The van der Waals surface area contributed by atoms with E-state index in [1.54, 1.807) is 12.1 Å². The van der Waals surface area contributed by atoms with Gasteiger partial charge in [-0.05, 0) is 24.3 Å². The number of carbonyl (C=O) groups is 1. The fraction of sp³-hybridized carbons (Fsp3) is 0.417. The van der Waals surface area contributed by atoms with E-state index < -0.39 is 6.09 Å². The molecule has 0 bridgehead atoms. The molecular formula is C12H14FNO3. The molecule has 17 heavy (non-hydrogen) atoms. The molecule has 1 fully saturated rings. The average molecular weight is 239 g/mol. The smallest absolute Gasteiger partial charge is 0.407 e. The molecule has 0 radical (unpaired) electrons. The Balaban J connectivity index is 1.85. The molecule has 0 spiro atoms. The topological polar surface area (TPSA) is 49.8 Å². The van der Waals surface area contributed by atoms with Crippen LogP contribution in [-0.4, -0.2) is 35.3 Å². The number of halogens is 1. The molecule has 1 heterocycles. The van der Waals surface area contributed by atoms with Crippen LogP contribution in [0.15, 0.2) is 24.3 Å². The standard InChI is InChI=1S/C12H14FNO3/c13-9-1-3-10(4-2-9)17-11-5-7-14(8-6-11)12(15)16/h1-4,11H,5-8H2,(H,15,16). The van der Waals surface area contributed by atoms with Gasteiger partial charge in [-0.25, -0.2) is 9.18 Å². The van der Waals surface area contributed by atoms with Crippen molar-refractivity contribution in [3.8, 4) is 5.75 Å². The van der Waals surface area contributed by atoms with Crippen LogP contribution >= 0.6 is 0 Å².